The first-order chi connectivity index (χ1) is 13.2. The summed E-state index contributed by atoms with van der Waals surface area (Å²) >= 11 is 0. The van der Waals surface area contributed by atoms with Crippen LogP contribution in [0.15, 0.2) is 53.6 Å². The molecule has 0 saturated carbocycles. The molecule has 7 nitrogen and oxygen atoms in total. The van der Waals surface area contributed by atoms with E-state index in [9.17, 15) is 4.79 Å². The summed E-state index contributed by atoms with van der Waals surface area (Å²) in [5.74, 6) is 0.913. The Morgan fingerprint density at radius 1 is 1.19 bits per heavy atom. The fourth-order valence-electron chi connectivity index (χ4n) is 2.64. The number of carbonyl (C=O) groups excluding carboxylic acids is 1. The first-order valence-electron chi connectivity index (χ1n) is 8.84. The zero-order valence-corrected chi connectivity index (χ0v) is 15.4. The van der Waals surface area contributed by atoms with Gasteiger partial charge in [-0.2, -0.15) is 5.10 Å². The number of imidazole rings is 1. The second kappa shape index (κ2) is 8.84. The standard InChI is InChI=1S/C20H22N4O3/c1-3-24-18-8-6-5-7-17(18)22-20(24)23-21-13-15-9-11-16(12-10-15)27-14-19(25)26-4-2/h5-13H,3-4,14H2,1-2H3,(H,22,23)/b21-13-. The molecule has 3 aromatic rings. The Kier molecular flexibility index (Phi) is 6.04. The van der Waals surface area contributed by atoms with Crippen molar-refractivity contribution in [3.8, 4) is 5.75 Å². The summed E-state index contributed by atoms with van der Waals surface area (Å²) in [7, 11) is 0. The van der Waals surface area contributed by atoms with Crippen molar-refractivity contribution >= 4 is 29.2 Å². The zero-order chi connectivity index (χ0) is 19.1. The molecule has 1 aromatic heterocycles. The quantitative estimate of drug-likeness (QED) is 0.375. The summed E-state index contributed by atoms with van der Waals surface area (Å²) in [5.41, 5.74) is 5.89. The molecule has 1 heterocycles. The summed E-state index contributed by atoms with van der Waals surface area (Å²) < 4.78 is 12.3. The van der Waals surface area contributed by atoms with E-state index in [1.165, 1.54) is 0 Å². The summed E-state index contributed by atoms with van der Waals surface area (Å²) in [5, 5.41) is 4.27. The molecule has 0 atom stereocenters. The Morgan fingerprint density at radius 3 is 2.70 bits per heavy atom. The van der Waals surface area contributed by atoms with Crippen molar-refractivity contribution in [1.82, 2.24) is 9.55 Å². The Balaban J connectivity index is 1.61. The summed E-state index contributed by atoms with van der Waals surface area (Å²) in [4.78, 5) is 15.9. The van der Waals surface area contributed by atoms with Crippen LogP contribution < -0.4 is 10.2 Å². The molecule has 1 N–H and O–H groups in total. The van der Waals surface area contributed by atoms with E-state index in [4.69, 9.17) is 9.47 Å². The molecule has 0 fully saturated rings. The molecule has 0 aliphatic carbocycles. The van der Waals surface area contributed by atoms with Crippen LogP contribution in [0.3, 0.4) is 0 Å². The van der Waals surface area contributed by atoms with Gasteiger partial charge in [0.2, 0.25) is 5.95 Å². The molecule has 7 heteroatoms. The molecular formula is C20H22N4O3. The molecule has 0 saturated heterocycles. The highest BCUT2D eigenvalue weighted by Gasteiger charge is 2.07. The van der Waals surface area contributed by atoms with E-state index < -0.39 is 0 Å². The van der Waals surface area contributed by atoms with Gasteiger partial charge in [-0.05, 0) is 55.8 Å². The van der Waals surface area contributed by atoms with Crippen LogP contribution in [0.25, 0.3) is 11.0 Å². The summed E-state index contributed by atoms with van der Waals surface area (Å²) in [6.45, 7) is 4.87. The molecule has 0 aliphatic rings. The Labute approximate surface area is 157 Å². The third-order valence-electron chi connectivity index (χ3n) is 3.89. The predicted molar refractivity (Wildman–Crippen MR) is 105 cm³/mol. The van der Waals surface area contributed by atoms with Gasteiger partial charge in [0.25, 0.3) is 0 Å². The number of benzene rings is 2. The lowest BCUT2D eigenvalue weighted by Gasteiger charge is -2.06. The predicted octanol–water partition coefficient (Wildman–Crippen LogP) is 3.44. The van der Waals surface area contributed by atoms with Crippen molar-refractivity contribution < 1.29 is 14.3 Å². The van der Waals surface area contributed by atoms with E-state index in [2.05, 4.69) is 27.0 Å². The molecule has 140 valence electrons. The van der Waals surface area contributed by atoms with Gasteiger partial charge >= 0.3 is 5.97 Å². The van der Waals surface area contributed by atoms with Gasteiger partial charge in [0.1, 0.15) is 5.75 Å². The van der Waals surface area contributed by atoms with Gasteiger partial charge in [-0.15, -0.1) is 0 Å². The lowest BCUT2D eigenvalue weighted by Crippen LogP contribution is -2.14. The number of hydrogen-bond acceptors (Lipinski definition) is 6. The first kappa shape index (κ1) is 18.4. The van der Waals surface area contributed by atoms with Crippen molar-refractivity contribution in [2.24, 2.45) is 5.10 Å². The maximum absolute atomic E-state index is 11.3. The molecule has 0 spiro atoms. The minimum absolute atomic E-state index is 0.101. The number of nitrogens with zero attached hydrogens (tertiary/aromatic N) is 3. The van der Waals surface area contributed by atoms with E-state index in [0.717, 1.165) is 23.1 Å². The van der Waals surface area contributed by atoms with Crippen LogP contribution >= 0.6 is 0 Å². The third kappa shape index (κ3) is 4.63. The highest BCUT2D eigenvalue weighted by atomic mass is 16.6. The van der Waals surface area contributed by atoms with Crippen molar-refractivity contribution in [2.45, 2.75) is 20.4 Å². The average Bonchev–Trinajstić information content (AvgIpc) is 3.05. The van der Waals surface area contributed by atoms with Crippen LogP contribution in [0.5, 0.6) is 5.75 Å². The molecule has 0 bridgehead atoms. The number of para-hydroxylation sites is 2. The first-order valence-corrected chi connectivity index (χ1v) is 8.84. The molecule has 0 radical (unpaired) electrons. The van der Waals surface area contributed by atoms with Gasteiger partial charge in [0.05, 0.1) is 23.9 Å². The van der Waals surface area contributed by atoms with Crippen molar-refractivity contribution in [3.05, 3.63) is 54.1 Å². The molecule has 27 heavy (non-hydrogen) atoms. The molecule has 0 amide bonds. The van der Waals surface area contributed by atoms with Crippen molar-refractivity contribution in [3.63, 3.8) is 0 Å². The van der Waals surface area contributed by atoms with Gasteiger partial charge in [0, 0.05) is 6.54 Å². The van der Waals surface area contributed by atoms with Crippen LogP contribution in [0.2, 0.25) is 0 Å². The number of aryl methyl sites for hydroxylation is 1. The summed E-state index contributed by atoms with van der Waals surface area (Å²) in [6, 6.07) is 15.2. The normalized spacial score (nSPS) is 11.0. The molecular weight excluding hydrogens is 344 g/mol. The number of hydrazone groups is 1. The number of anilines is 1. The lowest BCUT2D eigenvalue weighted by molar-refractivity contribution is -0.145. The van der Waals surface area contributed by atoms with E-state index in [-0.39, 0.29) is 12.6 Å². The number of ether oxygens (including phenoxy) is 2. The Morgan fingerprint density at radius 2 is 1.96 bits per heavy atom. The van der Waals surface area contributed by atoms with Crippen molar-refractivity contribution in [1.29, 1.82) is 0 Å². The second-order valence-electron chi connectivity index (χ2n) is 5.70. The van der Waals surface area contributed by atoms with Gasteiger partial charge in [0.15, 0.2) is 6.61 Å². The third-order valence-corrected chi connectivity index (χ3v) is 3.89. The maximum atomic E-state index is 11.3. The molecule has 0 aliphatic heterocycles. The summed E-state index contributed by atoms with van der Waals surface area (Å²) in [6.07, 6.45) is 1.70. The number of nitrogens with one attached hydrogen (secondary N) is 1. The van der Waals surface area contributed by atoms with Crippen LogP contribution in [-0.4, -0.2) is 34.9 Å². The second-order valence-corrected chi connectivity index (χ2v) is 5.70. The van der Waals surface area contributed by atoms with E-state index >= 15 is 0 Å². The smallest absolute Gasteiger partial charge is 0.344 e. The Bertz CT molecular complexity index is 932. The number of aromatic nitrogens is 2. The average molecular weight is 366 g/mol. The zero-order valence-electron chi connectivity index (χ0n) is 15.4. The maximum Gasteiger partial charge on any atom is 0.344 e. The number of carbonyl (C=O) groups is 1. The van der Waals surface area contributed by atoms with E-state index in [1.54, 1.807) is 25.3 Å². The molecule has 3 rings (SSSR count). The highest BCUT2D eigenvalue weighted by molar-refractivity contribution is 5.81. The number of fused-ring (bicyclic) bond motifs is 1. The molecule has 0 unspecified atom stereocenters. The minimum atomic E-state index is -0.383. The number of esters is 1. The van der Waals surface area contributed by atoms with Gasteiger partial charge in [-0.1, -0.05) is 12.1 Å². The van der Waals surface area contributed by atoms with E-state index in [0.29, 0.717) is 18.3 Å². The monoisotopic (exact) mass is 366 g/mol. The fraction of sp³-hybridized carbons (Fsp3) is 0.250. The van der Waals surface area contributed by atoms with Gasteiger partial charge in [-0.3, -0.25) is 0 Å². The van der Waals surface area contributed by atoms with Gasteiger partial charge < -0.3 is 14.0 Å². The lowest BCUT2D eigenvalue weighted by atomic mass is 10.2. The van der Waals surface area contributed by atoms with Gasteiger partial charge in [-0.25, -0.2) is 15.2 Å². The van der Waals surface area contributed by atoms with Crippen molar-refractivity contribution in [2.75, 3.05) is 18.6 Å². The SMILES string of the molecule is CCOC(=O)COc1ccc(/C=N\Nc2nc3ccccc3n2CC)cc1. The van der Waals surface area contributed by atoms with Crippen LogP contribution in [-0.2, 0) is 16.1 Å². The van der Waals surface area contributed by atoms with Crippen LogP contribution in [0.1, 0.15) is 19.4 Å². The van der Waals surface area contributed by atoms with Crippen LogP contribution in [0, 0.1) is 0 Å². The Hall–Kier alpha value is -3.35. The number of rotatable bonds is 8. The van der Waals surface area contributed by atoms with E-state index in [1.807, 2.05) is 36.4 Å². The minimum Gasteiger partial charge on any atom is -0.482 e. The topological polar surface area (TPSA) is 77.7 Å². The fourth-order valence-corrected chi connectivity index (χ4v) is 2.64. The molecule has 2 aromatic carbocycles. The van der Waals surface area contributed by atoms with Crippen LogP contribution in [0.4, 0.5) is 5.95 Å². The highest BCUT2D eigenvalue weighted by Crippen LogP contribution is 2.19. The number of hydrogen-bond donors (Lipinski definition) is 1. The largest absolute Gasteiger partial charge is 0.482 e.